The number of amides is 5. The lowest BCUT2D eigenvalue weighted by atomic mass is 10.2. The van der Waals surface area contributed by atoms with Crippen molar-refractivity contribution in [1.82, 2.24) is 29.9 Å². The van der Waals surface area contributed by atoms with Gasteiger partial charge in [-0.3, -0.25) is 54.3 Å². The van der Waals surface area contributed by atoms with Crippen LogP contribution >= 0.6 is 81.2 Å². The van der Waals surface area contributed by atoms with Gasteiger partial charge in [-0.2, -0.15) is 39.5 Å². The molecule has 0 radical (unpaired) electrons. The van der Waals surface area contributed by atoms with Gasteiger partial charge in [0.2, 0.25) is 0 Å². The molecule has 10 rings (SSSR count). The molecule has 6 heterocycles. The first kappa shape index (κ1) is 112. The molecule has 0 saturated heterocycles. The first-order valence-corrected chi connectivity index (χ1v) is 45.9. The van der Waals surface area contributed by atoms with Crippen molar-refractivity contribution < 1.29 is 108 Å². The number of carbonyl (C=O) groups excluding carboxylic acids is 6. The number of halogens is 16. The van der Waals surface area contributed by atoms with Crippen molar-refractivity contribution in [2.75, 3.05) is 56.7 Å². The smallest absolute Gasteiger partial charge is 0.417 e. The number of carbonyl (C=O) groups is 6. The maximum Gasteiger partial charge on any atom is 0.417 e. The third-order valence-electron chi connectivity index (χ3n) is 16.0. The highest BCUT2D eigenvalue weighted by molar-refractivity contribution is 7.93. The topological polar surface area (TPSA) is 453 Å². The van der Waals surface area contributed by atoms with Gasteiger partial charge in [0.05, 0.1) is 78.6 Å². The van der Waals surface area contributed by atoms with E-state index >= 15 is 0 Å². The molecule has 0 atom stereocenters. The van der Waals surface area contributed by atoms with E-state index in [0.29, 0.717) is 35.4 Å². The van der Waals surface area contributed by atoms with Crippen molar-refractivity contribution in [3.63, 3.8) is 0 Å². The van der Waals surface area contributed by atoms with Crippen LogP contribution in [0.5, 0.6) is 0 Å². The van der Waals surface area contributed by atoms with Crippen LogP contribution in [0.2, 0.25) is 30.1 Å². The molecular formula is C84H87Cl7F9N17O15S3. The van der Waals surface area contributed by atoms with Gasteiger partial charge >= 0.3 is 36.8 Å². The molecule has 0 fully saturated rings. The SMILES string of the molecule is CC(C)(C)OC(=O)Nc1cccc(N)c1.CC(C)N(C(=O)c1ncc(Cl)cc1NS(=O)(=O)c1ccc(Cl)c(C(F)(F)F)c1)c1cccc(N)n1.CC(C)N(C(=O)c1ncc(Cl)cc1NS(=O)(=O)c1ccc(Cl)c(C(F)(F)F)c1)c1cccc(NC(=O)OC(C)(C)C)n1.CC(C)Nc1cccc(NC(=O)OC(C)(C)C)n1.O=C(Cl)c1ncc(Cl)cc1NS(=O)(=O)c1ccc(Cl)c(C(F)(F)F)c1. The van der Waals surface area contributed by atoms with Gasteiger partial charge in [0.1, 0.15) is 57.4 Å². The summed E-state index contributed by atoms with van der Waals surface area (Å²) in [7, 11) is -13.8. The Morgan fingerprint density at radius 1 is 0.393 bits per heavy atom. The van der Waals surface area contributed by atoms with Crippen LogP contribution in [0, 0.1) is 0 Å². The second-order valence-electron chi connectivity index (χ2n) is 31.7. The average Bonchev–Trinajstić information content (AvgIpc) is 0.781. The van der Waals surface area contributed by atoms with Crippen LogP contribution in [0.3, 0.4) is 0 Å². The van der Waals surface area contributed by atoms with Crippen LogP contribution in [-0.4, -0.2) is 125 Å². The molecule has 0 unspecified atom stereocenters. The van der Waals surface area contributed by atoms with E-state index in [1.165, 1.54) is 40.1 Å². The van der Waals surface area contributed by atoms with Gasteiger partial charge in [-0.05, 0) is 243 Å². The predicted molar refractivity (Wildman–Crippen MR) is 500 cm³/mol. The number of sulfonamides is 3. The molecule has 51 heteroatoms. The van der Waals surface area contributed by atoms with Crippen LogP contribution < -0.4 is 56.7 Å². The highest BCUT2D eigenvalue weighted by Crippen LogP contribution is 2.41. The number of nitrogens with one attached hydrogen (secondary N) is 7. The summed E-state index contributed by atoms with van der Waals surface area (Å²) in [5.41, 5.74) is 4.36. The van der Waals surface area contributed by atoms with Crippen molar-refractivity contribution in [2.24, 2.45) is 0 Å². The fraction of sp³-hybridized carbons (Fsp3) is 0.286. The molecule has 10 aromatic rings. The number of anilines is 11. The molecule has 0 aliphatic carbocycles. The number of alkyl halides is 9. The third-order valence-corrected chi connectivity index (χ3v) is 21.9. The van der Waals surface area contributed by atoms with Crippen molar-refractivity contribution in [1.29, 1.82) is 0 Å². The molecule has 5 amide bonds. The second-order valence-corrected chi connectivity index (χ2v) is 39.6. The van der Waals surface area contributed by atoms with Crippen LogP contribution in [-0.2, 0) is 62.8 Å². The number of benzene rings is 4. The second kappa shape index (κ2) is 46.2. The Morgan fingerprint density at radius 2 is 0.711 bits per heavy atom. The number of hydrogen-bond donors (Lipinski definition) is 9. The minimum Gasteiger partial charge on any atom is -0.444 e. The zero-order valence-corrected chi connectivity index (χ0v) is 81.3. The minimum absolute atomic E-state index is 0.0218. The van der Waals surface area contributed by atoms with Gasteiger partial charge in [-0.1, -0.05) is 93.9 Å². The Kier molecular flexibility index (Phi) is 38.3. The highest BCUT2D eigenvalue weighted by Gasteiger charge is 2.39. The lowest BCUT2D eigenvalue weighted by molar-refractivity contribution is -0.138. The van der Waals surface area contributed by atoms with E-state index in [2.05, 4.69) is 60.6 Å². The summed E-state index contributed by atoms with van der Waals surface area (Å²) < 4.78 is 217. The molecule has 4 aromatic carbocycles. The number of aromatic nitrogens is 6. The lowest BCUT2D eigenvalue weighted by Gasteiger charge is -2.27. The van der Waals surface area contributed by atoms with Crippen LogP contribution in [0.1, 0.15) is 152 Å². The van der Waals surface area contributed by atoms with Crippen molar-refractivity contribution in [2.45, 2.75) is 172 Å². The van der Waals surface area contributed by atoms with Gasteiger partial charge < -0.3 is 31.0 Å². The molecule has 728 valence electrons. The fourth-order valence-electron chi connectivity index (χ4n) is 10.7. The number of pyridine rings is 6. The fourth-order valence-corrected chi connectivity index (χ4v) is 15.2. The average molecular weight is 2090 g/mol. The summed E-state index contributed by atoms with van der Waals surface area (Å²) in [5, 5.41) is 7.63. The van der Waals surface area contributed by atoms with Crippen molar-refractivity contribution >= 4 is 210 Å². The monoisotopic (exact) mass is 2090 g/mol. The predicted octanol–water partition coefficient (Wildman–Crippen LogP) is 22.7. The zero-order chi connectivity index (χ0) is 102. The Balaban J connectivity index is 0.000000272. The summed E-state index contributed by atoms with van der Waals surface area (Å²) in [5.74, 6) is 0.0774. The maximum atomic E-state index is 13.8. The molecule has 11 N–H and O–H groups in total. The van der Waals surface area contributed by atoms with Crippen LogP contribution in [0.4, 0.5) is 117 Å². The van der Waals surface area contributed by atoms with Crippen molar-refractivity contribution in [3.05, 3.63) is 234 Å². The van der Waals surface area contributed by atoms with Crippen LogP contribution in [0.15, 0.2) is 185 Å². The Labute approximate surface area is 804 Å². The minimum atomic E-state index is -4.92. The van der Waals surface area contributed by atoms with E-state index < -0.39 is 176 Å². The molecule has 135 heavy (non-hydrogen) atoms. The van der Waals surface area contributed by atoms with Gasteiger partial charge in [0.15, 0.2) is 11.4 Å². The number of nitrogen functional groups attached to an aromatic ring is 2. The van der Waals surface area contributed by atoms with Gasteiger partial charge in [0, 0.05) is 48.1 Å². The van der Waals surface area contributed by atoms with E-state index in [0.717, 1.165) is 79.0 Å². The molecule has 0 aliphatic rings. The van der Waals surface area contributed by atoms with E-state index in [1.807, 2.05) is 72.2 Å². The molecule has 32 nitrogen and oxygen atoms in total. The Hall–Kier alpha value is -11.8. The lowest BCUT2D eigenvalue weighted by Crippen LogP contribution is -2.39. The Morgan fingerprint density at radius 3 is 1.04 bits per heavy atom. The summed E-state index contributed by atoms with van der Waals surface area (Å²) in [4.78, 5) is 98.0. The maximum absolute atomic E-state index is 13.8. The molecular weight excluding hydrogens is 2000 g/mol. The zero-order valence-electron chi connectivity index (χ0n) is 73.5. The van der Waals surface area contributed by atoms with E-state index in [4.69, 9.17) is 107 Å². The van der Waals surface area contributed by atoms with Gasteiger partial charge in [0.25, 0.3) is 47.1 Å². The molecule has 0 spiro atoms. The molecule has 6 aromatic heterocycles. The van der Waals surface area contributed by atoms with Gasteiger partial charge in [-0.15, -0.1) is 0 Å². The van der Waals surface area contributed by atoms with E-state index in [1.54, 1.807) is 84.9 Å². The third kappa shape index (κ3) is 35.2. The van der Waals surface area contributed by atoms with Crippen LogP contribution in [0.25, 0.3) is 0 Å². The van der Waals surface area contributed by atoms with Crippen molar-refractivity contribution in [3.8, 4) is 0 Å². The number of nitrogens with two attached hydrogens (primary N) is 2. The van der Waals surface area contributed by atoms with E-state index in [-0.39, 0.29) is 61.4 Å². The molecule has 0 bridgehead atoms. The molecule has 0 saturated carbocycles. The van der Waals surface area contributed by atoms with Gasteiger partial charge in [-0.25, -0.2) is 69.5 Å². The summed E-state index contributed by atoms with van der Waals surface area (Å²) in [6.07, 6.45) is -13.1. The first-order chi connectivity index (χ1) is 62.0. The highest BCUT2D eigenvalue weighted by atomic mass is 35.5. The Bertz CT molecular complexity index is 6360. The summed E-state index contributed by atoms with van der Waals surface area (Å²) >= 11 is 39.6. The summed E-state index contributed by atoms with van der Waals surface area (Å²) in [6, 6.07) is 30.1. The summed E-state index contributed by atoms with van der Waals surface area (Å²) in [6.45, 7) is 26.7. The number of hydrogen-bond acceptors (Lipinski definition) is 24. The largest absolute Gasteiger partial charge is 0.444 e. The quantitative estimate of drug-likeness (QED) is 0.0140. The first-order valence-electron chi connectivity index (χ1n) is 38.8. The standard InChI is InChI=1S/C26H26Cl2F3N5O5S.C21H18Cl2F3N5O3S.C13H6Cl3F3N2O3S.C13H21N3O2.C11H16N2O2/c1-14(2)36(21-8-6-7-20(33-21)34-24(38)41-25(3,4)5)23(37)22-19(11-15(27)13-32-22)35-42(39,40)16-9-10-18(28)17(12-16)26(29,30)31;1-11(2)31(18-5-3-4-17(27)29-18)20(32)19-16(8-12(22)10-28-19)30-35(33,34)13-6-7-15(23)14(9-13)21(24,25)26;14-6-3-10(11(12(16)22)20-5-6)21-25(23,24)7-1-2-9(15)8(4-7)13(17,18)19;1-9(2)14-10-7-6-8-11(15-10)16-12(17)18-13(3,4)5;1-11(2,3)15-10(14)13-9-6-4-5-8(12)7-9/h6-14,35H,1-5H3,(H,33,34,38);3-11,30H,1-2H3,(H2,27,29);1-5,21H;6-9H,1-5H3,(H2,14,15,16,17);4-7H,12H2,1-3H3,(H,13,14). The number of rotatable bonds is 21. The molecule has 0 aliphatic heterocycles. The number of nitrogens with zero attached hydrogens (tertiary/aromatic N) is 8. The normalized spacial score (nSPS) is 11.8. The van der Waals surface area contributed by atoms with E-state index in [9.17, 15) is 93.5 Å². The number of ether oxygens (including phenoxy) is 3.